The Morgan fingerprint density at radius 3 is 1.70 bits per heavy atom. The van der Waals surface area contributed by atoms with Crippen LogP contribution in [0.4, 0.5) is 0 Å². The molecule has 6 heteroatoms. The first-order chi connectivity index (χ1) is 26.5. The third-order valence-electron chi connectivity index (χ3n) is 11.3. The van der Waals surface area contributed by atoms with Crippen LogP contribution in [-0.4, -0.2) is 62.9 Å². The van der Waals surface area contributed by atoms with E-state index in [2.05, 4.69) is 43.7 Å². The van der Waals surface area contributed by atoms with E-state index in [0.717, 1.165) is 64.6 Å². The van der Waals surface area contributed by atoms with E-state index in [-0.39, 0.29) is 11.9 Å². The van der Waals surface area contributed by atoms with Crippen LogP contribution in [0.2, 0.25) is 0 Å². The van der Waals surface area contributed by atoms with Crippen molar-refractivity contribution >= 4 is 11.9 Å². The summed E-state index contributed by atoms with van der Waals surface area (Å²) < 4.78 is 17.2. The van der Waals surface area contributed by atoms with Gasteiger partial charge in [-0.15, -0.1) is 0 Å². The fourth-order valence-corrected chi connectivity index (χ4v) is 7.62. The second kappa shape index (κ2) is 38.1. The van der Waals surface area contributed by atoms with Gasteiger partial charge < -0.3 is 19.1 Å². The highest BCUT2D eigenvalue weighted by molar-refractivity contribution is 5.69. The van der Waals surface area contributed by atoms with Gasteiger partial charge in [-0.2, -0.15) is 0 Å². The summed E-state index contributed by atoms with van der Waals surface area (Å²) in [6, 6.07) is 0. The predicted octanol–water partition coefficient (Wildman–Crippen LogP) is 13.1. The maximum Gasteiger partial charge on any atom is 0.305 e. The molecule has 1 saturated heterocycles. The molecule has 314 valence electrons. The normalized spacial score (nSPS) is 14.6. The fourth-order valence-electron chi connectivity index (χ4n) is 7.62. The van der Waals surface area contributed by atoms with Crippen molar-refractivity contribution in [3.05, 3.63) is 24.1 Å². The molecule has 0 aromatic carbocycles. The molecule has 0 radical (unpaired) electrons. The van der Waals surface area contributed by atoms with Gasteiger partial charge in [-0.1, -0.05) is 141 Å². The fraction of sp³-hybridized carbons (Fsp3) is 0.875. The Balaban J connectivity index is 2.14. The van der Waals surface area contributed by atoms with Gasteiger partial charge in [-0.05, 0) is 108 Å². The van der Waals surface area contributed by atoms with Gasteiger partial charge >= 0.3 is 11.9 Å². The zero-order valence-corrected chi connectivity index (χ0v) is 36.0. The maximum atomic E-state index is 12.2. The molecule has 6 nitrogen and oxygen atoms in total. The first-order valence-electron chi connectivity index (χ1n) is 23.2. The summed E-state index contributed by atoms with van der Waals surface area (Å²) in [5.74, 6) is 1.65. The highest BCUT2D eigenvalue weighted by atomic mass is 16.5. The zero-order chi connectivity index (χ0) is 39.2. The highest BCUT2D eigenvalue weighted by Gasteiger charge is 2.13. The smallest absolute Gasteiger partial charge is 0.305 e. The molecule has 3 atom stereocenters. The molecule has 1 aliphatic rings. The largest absolute Gasteiger partial charge is 0.466 e. The second-order valence-corrected chi connectivity index (χ2v) is 16.5. The number of hydrogen-bond donors (Lipinski definition) is 0. The van der Waals surface area contributed by atoms with Crippen LogP contribution in [-0.2, 0) is 23.8 Å². The number of unbranched alkanes of at least 4 members (excludes halogenated alkanes) is 14. The molecular formula is C48H87NO5. The Morgan fingerprint density at radius 1 is 0.630 bits per heavy atom. The van der Waals surface area contributed by atoms with Crippen LogP contribution < -0.4 is 0 Å². The topological polar surface area (TPSA) is 65.1 Å². The minimum absolute atomic E-state index is 0.00905. The molecule has 0 N–H and O–H groups in total. The number of hydrogen-bond acceptors (Lipinski definition) is 6. The van der Waals surface area contributed by atoms with E-state index in [4.69, 9.17) is 14.2 Å². The number of rotatable bonds is 39. The second-order valence-electron chi connectivity index (χ2n) is 16.5. The van der Waals surface area contributed by atoms with Gasteiger partial charge in [0.15, 0.2) is 0 Å². The molecule has 1 heterocycles. The van der Waals surface area contributed by atoms with Crippen LogP contribution >= 0.6 is 0 Å². The van der Waals surface area contributed by atoms with E-state index in [0.29, 0.717) is 43.8 Å². The average Bonchev–Trinajstić information content (AvgIpc) is 3.69. The third-order valence-corrected chi connectivity index (χ3v) is 11.3. The molecule has 0 saturated carbocycles. The van der Waals surface area contributed by atoms with Crippen molar-refractivity contribution in [2.24, 2.45) is 17.8 Å². The highest BCUT2D eigenvalue weighted by Crippen LogP contribution is 2.21. The van der Waals surface area contributed by atoms with Crippen LogP contribution in [0.3, 0.4) is 0 Å². The molecule has 54 heavy (non-hydrogen) atoms. The lowest BCUT2D eigenvalue weighted by atomic mass is 9.94. The number of esters is 2. The van der Waals surface area contributed by atoms with Crippen LogP contribution in [0.15, 0.2) is 24.1 Å². The maximum absolute atomic E-state index is 12.2. The lowest BCUT2D eigenvalue weighted by Crippen LogP contribution is -2.22. The summed E-state index contributed by atoms with van der Waals surface area (Å²) in [5.41, 5.74) is 5.67. The minimum Gasteiger partial charge on any atom is -0.466 e. The first-order valence-corrected chi connectivity index (χ1v) is 23.2. The Labute approximate surface area is 334 Å². The lowest BCUT2D eigenvalue weighted by Gasteiger charge is -2.18. The van der Waals surface area contributed by atoms with Crippen LogP contribution in [0.1, 0.15) is 207 Å². The minimum atomic E-state index is -0.0517. The molecule has 1 rings (SSSR count). The molecule has 0 aliphatic carbocycles. The summed E-state index contributed by atoms with van der Waals surface area (Å²) >= 11 is 0. The lowest BCUT2D eigenvalue weighted by molar-refractivity contribution is -0.145. The van der Waals surface area contributed by atoms with Gasteiger partial charge in [0.1, 0.15) is 0 Å². The van der Waals surface area contributed by atoms with Gasteiger partial charge in [0.05, 0.1) is 13.2 Å². The predicted molar refractivity (Wildman–Crippen MR) is 228 cm³/mol. The van der Waals surface area contributed by atoms with Crippen molar-refractivity contribution in [3.63, 3.8) is 0 Å². The Morgan fingerprint density at radius 2 is 1.15 bits per heavy atom. The van der Waals surface area contributed by atoms with Crippen molar-refractivity contribution in [1.29, 1.82) is 0 Å². The van der Waals surface area contributed by atoms with E-state index in [1.54, 1.807) is 0 Å². The zero-order valence-electron chi connectivity index (χ0n) is 36.0. The monoisotopic (exact) mass is 758 g/mol. The molecule has 0 spiro atoms. The van der Waals surface area contributed by atoms with Gasteiger partial charge in [0.2, 0.25) is 0 Å². The molecule has 0 bridgehead atoms. The molecule has 0 aromatic heterocycles. The molecule has 1 aliphatic heterocycles. The standard InChI is InChI=1S/C48H87NO5/c1-5-8-28-44(4)35-41-53-47(50)33-23-19-15-11-13-17-21-31-46(43-52-40-27-39-49-37-25-26-38-49)32-22-18-14-12-16-20-24-34-48(51)54-42-36-45(29-9-6-2)30-10-7-3/h29,44-46H,2,5,7-8,10-28,30-43H2,1,3-4H3. The van der Waals surface area contributed by atoms with Crippen LogP contribution in [0, 0.1) is 17.8 Å². The van der Waals surface area contributed by atoms with Gasteiger partial charge in [0.25, 0.3) is 0 Å². The summed E-state index contributed by atoms with van der Waals surface area (Å²) in [6.07, 6.45) is 35.5. The SMILES string of the molecule is C=C=C=CC(CCCC)CCOC(=O)CCCCCCCCCC(CCCCCCCCCC(=O)OCCC(C)CCCC)COCCCN1CCCC1. The van der Waals surface area contributed by atoms with Gasteiger partial charge in [-0.25, -0.2) is 0 Å². The van der Waals surface area contributed by atoms with Gasteiger partial charge in [-0.3, -0.25) is 9.59 Å². The number of nitrogens with zero attached hydrogens (tertiary/aromatic N) is 1. The molecule has 3 unspecified atom stereocenters. The Hall–Kier alpha value is -1.84. The number of likely N-dealkylation sites (tertiary alicyclic amines) is 1. The van der Waals surface area contributed by atoms with E-state index in [1.807, 2.05) is 6.08 Å². The number of allylic oxidation sites excluding steroid dienone is 1. The van der Waals surface area contributed by atoms with Crippen molar-refractivity contribution in [2.75, 3.05) is 46.1 Å². The van der Waals surface area contributed by atoms with Crippen molar-refractivity contribution in [3.8, 4) is 0 Å². The summed E-state index contributed by atoms with van der Waals surface area (Å²) in [4.78, 5) is 26.9. The van der Waals surface area contributed by atoms with Gasteiger partial charge in [0, 0.05) is 32.6 Å². The van der Waals surface area contributed by atoms with Crippen LogP contribution in [0.25, 0.3) is 0 Å². The average molecular weight is 758 g/mol. The third kappa shape index (κ3) is 32.4. The van der Waals surface area contributed by atoms with Crippen LogP contribution in [0.5, 0.6) is 0 Å². The molecular weight excluding hydrogens is 671 g/mol. The van der Waals surface area contributed by atoms with E-state index in [9.17, 15) is 9.59 Å². The summed E-state index contributed by atoms with van der Waals surface area (Å²) in [5, 5.41) is 0. The number of carbonyl (C=O) groups is 2. The Kier molecular flexibility index (Phi) is 35.4. The van der Waals surface area contributed by atoms with E-state index < -0.39 is 0 Å². The van der Waals surface area contributed by atoms with Crippen molar-refractivity contribution in [1.82, 2.24) is 4.90 Å². The van der Waals surface area contributed by atoms with E-state index >= 15 is 0 Å². The quantitative estimate of drug-likeness (QED) is 0.0353. The summed E-state index contributed by atoms with van der Waals surface area (Å²) in [6.45, 7) is 16.9. The molecule has 1 fully saturated rings. The Bertz CT molecular complexity index is 949. The van der Waals surface area contributed by atoms with Crippen molar-refractivity contribution < 1.29 is 23.8 Å². The number of carbonyl (C=O) groups excluding carboxylic acids is 2. The van der Waals surface area contributed by atoms with E-state index in [1.165, 1.54) is 142 Å². The van der Waals surface area contributed by atoms with Crippen molar-refractivity contribution in [2.45, 2.75) is 207 Å². The molecule has 0 amide bonds. The summed E-state index contributed by atoms with van der Waals surface area (Å²) in [7, 11) is 0. The number of ether oxygens (including phenoxy) is 3. The first kappa shape index (κ1) is 50.2. The molecule has 0 aromatic rings.